The molecule has 2 bridgehead atoms. The maximum absolute atomic E-state index is 3.74. The van der Waals surface area contributed by atoms with E-state index in [1.54, 1.807) is 0 Å². The molecule has 2 fully saturated rings. The number of fused-ring (bicyclic) bond motifs is 2. The summed E-state index contributed by atoms with van der Waals surface area (Å²) in [6.45, 7) is 5.86. The van der Waals surface area contributed by atoms with Gasteiger partial charge in [0.15, 0.2) is 0 Å². The van der Waals surface area contributed by atoms with Crippen molar-refractivity contribution in [1.29, 1.82) is 0 Å². The van der Waals surface area contributed by atoms with Crippen molar-refractivity contribution in [3.8, 4) is 0 Å². The van der Waals surface area contributed by atoms with Crippen LogP contribution in [0.4, 0.5) is 0 Å². The molecular weight excluding hydrogens is 158 g/mol. The first-order chi connectivity index (χ1) is 6.25. The average molecular weight is 181 g/mol. The molecule has 0 saturated heterocycles. The van der Waals surface area contributed by atoms with Crippen LogP contribution >= 0.6 is 0 Å². The third kappa shape index (κ3) is 2.25. The number of nitrogens with one attached hydrogen (secondary N) is 1. The Morgan fingerprint density at radius 2 is 2.08 bits per heavy atom. The molecule has 13 heavy (non-hydrogen) atoms. The fourth-order valence-electron chi connectivity index (χ4n) is 3.05. The van der Waals surface area contributed by atoms with Gasteiger partial charge in [0.1, 0.15) is 0 Å². The van der Waals surface area contributed by atoms with Crippen LogP contribution in [0.1, 0.15) is 46.0 Å². The first kappa shape index (κ1) is 9.51. The maximum atomic E-state index is 3.74. The van der Waals surface area contributed by atoms with Crippen LogP contribution < -0.4 is 5.32 Å². The van der Waals surface area contributed by atoms with Crippen LogP contribution in [0.5, 0.6) is 0 Å². The van der Waals surface area contributed by atoms with Crippen LogP contribution in [0, 0.1) is 17.8 Å². The summed E-state index contributed by atoms with van der Waals surface area (Å²) in [7, 11) is 0. The molecule has 0 heterocycles. The lowest BCUT2D eigenvalue weighted by Gasteiger charge is -2.23. The molecule has 2 aliphatic carbocycles. The third-order valence-corrected chi connectivity index (χ3v) is 3.87. The first-order valence-electron chi connectivity index (χ1n) is 5.99. The molecule has 0 spiro atoms. The van der Waals surface area contributed by atoms with E-state index >= 15 is 0 Å². The predicted molar refractivity (Wildman–Crippen MR) is 56.7 cm³/mol. The van der Waals surface area contributed by atoms with Crippen LogP contribution in [-0.2, 0) is 0 Å². The smallest absolute Gasteiger partial charge is 0.00980 e. The van der Waals surface area contributed by atoms with E-state index in [0.29, 0.717) is 0 Å². The van der Waals surface area contributed by atoms with Crippen molar-refractivity contribution in [2.24, 2.45) is 17.8 Å². The van der Waals surface area contributed by atoms with Crippen molar-refractivity contribution >= 4 is 0 Å². The molecule has 0 aromatic carbocycles. The highest BCUT2D eigenvalue weighted by Crippen LogP contribution is 2.44. The van der Waals surface area contributed by atoms with Gasteiger partial charge in [-0.05, 0) is 50.0 Å². The Balaban J connectivity index is 1.66. The molecular formula is C12H23N. The highest BCUT2D eigenvalue weighted by atomic mass is 14.9. The van der Waals surface area contributed by atoms with Gasteiger partial charge in [-0.2, -0.15) is 0 Å². The molecule has 0 aromatic heterocycles. The number of rotatable bonds is 4. The summed E-state index contributed by atoms with van der Waals surface area (Å²) in [6.07, 6.45) is 7.37. The quantitative estimate of drug-likeness (QED) is 0.703. The Bertz CT molecular complexity index is 165. The minimum atomic E-state index is 0.853. The molecule has 0 aliphatic heterocycles. The summed E-state index contributed by atoms with van der Waals surface area (Å²) in [6, 6.07) is 0.887. The average Bonchev–Trinajstić information content (AvgIpc) is 2.64. The highest BCUT2D eigenvalue weighted by molar-refractivity contribution is 4.93. The van der Waals surface area contributed by atoms with Gasteiger partial charge in [0, 0.05) is 6.04 Å². The lowest BCUT2D eigenvalue weighted by atomic mass is 9.95. The van der Waals surface area contributed by atoms with Crippen molar-refractivity contribution in [3.63, 3.8) is 0 Å². The molecule has 2 aliphatic rings. The van der Waals surface area contributed by atoms with Crippen LogP contribution in [0.3, 0.4) is 0 Å². The maximum Gasteiger partial charge on any atom is 0.00980 e. The van der Waals surface area contributed by atoms with E-state index in [0.717, 1.165) is 23.8 Å². The van der Waals surface area contributed by atoms with Gasteiger partial charge >= 0.3 is 0 Å². The van der Waals surface area contributed by atoms with Crippen molar-refractivity contribution < 1.29 is 0 Å². The molecule has 0 radical (unpaired) electrons. The van der Waals surface area contributed by atoms with Crippen LogP contribution in [-0.4, -0.2) is 12.6 Å². The Hall–Kier alpha value is -0.0400. The Labute approximate surface area is 82.3 Å². The summed E-state index contributed by atoms with van der Waals surface area (Å²) in [4.78, 5) is 0. The molecule has 2 rings (SSSR count). The van der Waals surface area contributed by atoms with Gasteiger partial charge in [0.25, 0.3) is 0 Å². The second-order valence-corrected chi connectivity index (χ2v) is 5.42. The summed E-state index contributed by atoms with van der Waals surface area (Å²) < 4.78 is 0. The van der Waals surface area contributed by atoms with Crippen molar-refractivity contribution in [1.82, 2.24) is 5.32 Å². The molecule has 2 saturated carbocycles. The predicted octanol–water partition coefficient (Wildman–Crippen LogP) is 2.81. The lowest BCUT2D eigenvalue weighted by molar-refractivity contribution is 0.344. The summed E-state index contributed by atoms with van der Waals surface area (Å²) >= 11 is 0. The van der Waals surface area contributed by atoms with E-state index in [-0.39, 0.29) is 0 Å². The van der Waals surface area contributed by atoms with Crippen LogP contribution in [0.25, 0.3) is 0 Å². The second-order valence-electron chi connectivity index (χ2n) is 5.42. The van der Waals surface area contributed by atoms with E-state index in [2.05, 4.69) is 19.2 Å². The Kier molecular flexibility index (Phi) is 2.92. The Morgan fingerprint density at radius 1 is 1.23 bits per heavy atom. The molecule has 3 atom stereocenters. The zero-order valence-corrected chi connectivity index (χ0v) is 9.05. The molecule has 1 N–H and O–H groups in total. The molecule has 0 unspecified atom stereocenters. The number of hydrogen-bond donors (Lipinski definition) is 1. The molecule has 1 nitrogen and oxygen atoms in total. The van der Waals surface area contributed by atoms with E-state index in [9.17, 15) is 0 Å². The largest absolute Gasteiger partial charge is 0.314 e. The van der Waals surface area contributed by atoms with Crippen LogP contribution in [0.2, 0.25) is 0 Å². The monoisotopic (exact) mass is 181 g/mol. The van der Waals surface area contributed by atoms with Crippen LogP contribution in [0.15, 0.2) is 0 Å². The third-order valence-electron chi connectivity index (χ3n) is 3.87. The minimum absolute atomic E-state index is 0.853. The first-order valence-corrected chi connectivity index (χ1v) is 5.99. The fraction of sp³-hybridized carbons (Fsp3) is 1.00. The normalized spacial score (nSPS) is 37.6. The molecule has 1 heteroatoms. The van der Waals surface area contributed by atoms with Gasteiger partial charge < -0.3 is 5.32 Å². The summed E-state index contributed by atoms with van der Waals surface area (Å²) in [5, 5.41) is 3.74. The summed E-state index contributed by atoms with van der Waals surface area (Å²) in [5.74, 6) is 2.98. The van der Waals surface area contributed by atoms with Crippen molar-refractivity contribution in [2.75, 3.05) is 6.54 Å². The minimum Gasteiger partial charge on any atom is -0.314 e. The van der Waals surface area contributed by atoms with Crippen molar-refractivity contribution in [2.45, 2.75) is 52.0 Å². The SMILES string of the molecule is CC(C)CCN[C@H]1C[C@@H]2CC[C@@H]1C2. The van der Waals surface area contributed by atoms with Gasteiger partial charge in [-0.3, -0.25) is 0 Å². The van der Waals surface area contributed by atoms with E-state index in [1.807, 2.05) is 0 Å². The van der Waals surface area contributed by atoms with Gasteiger partial charge in [-0.25, -0.2) is 0 Å². The van der Waals surface area contributed by atoms with E-state index < -0.39 is 0 Å². The molecule has 0 amide bonds. The molecule has 0 aromatic rings. The summed E-state index contributed by atoms with van der Waals surface area (Å²) in [5.41, 5.74) is 0. The zero-order chi connectivity index (χ0) is 9.26. The zero-order valence-electron chi connectivity index (χ0n) is 9.05. The van der Waals surface area contributed by atoms with Crippen molar-refractivity contribution in [3.05, 3.63) is 0 Å². The van der Waals surface area contributed by atoms with Gasteiger partial charge in [0.2, 0.25) is 0 Å². The van der Waals surface area contributed by atoms with E-state index in [4.69, 9.17) is 0 Å². The van der Waals surface area contributed by atoms with Gasteiger partial charge in [-0.15, -0.1) is 0 Å². The van der Waals surface area contributed by atoms with E-state index in [1.165, 1.54) is 38.6 Å². The second kappa shape index (κ2) is 4.00. The standard InChI is InChI=1S/C12H23N/c1-9(2)5-6-13-12-8-10-3-4-11(12)7-10/h9-13H,3-8H2,1-2H3/t10-,11-,12+/m1/s1. The van der Waals surface area contributed by atoms with Gasteiger partial charge in [0.05, 0.1) is 0 Å². The Morgan fingerprint density at radius 3 is 2.62 bits per heavy atom. The van der Waals surface area contributed by atoms with Gasteiger partial charge in [-0.1, -0.05) is 20.3 Å². The lowest BCUT2D eigenvalue weighted by Crippen LogP contribution is -2.34. The number of hydrogen-bond acceptors (Lipinski definition) is 1. The molecule has 76 valence electrons. The fourth-order valence-corrected chi connectivity index (χ4v) is 3.05. The highest BCUT2D eigenvalue weighted by Gasteiger charge is 2.38. The topological polar surface area (TPSA) is 12.0 Å².